The van der Waals surface area contributed by atoms with Crippen molar-refractivity contribution in [3.05, 3.63) is 51.1 Å². The summed E-state index contributed by atoms with van der Waals surface area (Å²) in [6, 6.07) is 5.68. The molecule has 26 heavy (non-hydrogen) atoms. The molecule has 1 fully saturated rings. The number of amides is 1. The van der Waals surface area contributed by atoms with E-state index in [9.17, 15) is 4.79 Å². The van der Waals surface area contributed by atoms with Gasteiger partial charge in [-0.3, -0.25) is 4.79 Å². The summed E-state index contributed by atoms with van der Waals surface area (Å²) in [4.78, 5) is 26.5. The lowest BCUT2D eigenvalue weighted by Crippen LogP contribution is -2.49. The van der Waals surface area contributed by atoms with Crippen molar-refractivity contribution in [1.29, 1.82) is 0 Å². The number of anilines is 1. The van der Waals surface area contributed by atoms with Gasteiger partial charge in [0.25, 0.3) is 5.91 Å². The Kier molecular flexibility index (Phi) is 4.73. The second-order valence-corrected chi connectivity index (χ2v) is 7.82. The van der Waals surface area contributed by atoms with Crippen LogP contribution in [0, 0.1) is 6.92 Å². The normalized spacial score (nSPS) is 14.7. The molecule has 0 radical (unpaired) electrons. The van der Waals surface area contributed by atoms with Crippen molar-refractivity contribution in [2.75, 3.05) is 31.1 Å². The summed E-state index contributed by atoms with van der Waals surface area (Å²) in [5.74, 6) is 2.42. The molecule has 0 atom stereocenters. The zero-order chi connectivity index (χ0) is 18.1. The fraction of sp³-hybridized carbons (Fsp3) is 0.294. The van der Waals surface area contributed by atoms with E-state index in [4.69, 9.17) is 0 Å². The number of carbonyl (C=O) groups is 1. The summed E-state index contributed by atoms with van der Waals surface area (Å²) in [5.41, 5.74) is 0. The second kappa shape index (κ2) is 7.16. The summed E-state index contributed by atoms with van der Waals surface area (Å²) in [6.07, 6.45) is 3.59. The molecule has 1 amide bonds. The first kappa shape index (κ1) is 17.2. The highest BCUT2D eigenvalue weighted by Crippen LogP contribution is 2.23. The van der Waals surface area contributed by atoms with Gasteiger partial charge in [0, 0.05) is 54.5 Å². The third-order valence-corrected chi connectivity index (χ3v) is 5.90. The smallest absolute Gasteiger partial charge is 0.264 e. The summed E-state index contributed by atoms with van der Waals surface area (Å²) in [7, 11) is 0. The highest BCUT2D eigenvalue weighted by molar-refractivity contribution is 9.10. The van der Waals surface area contributed by atoms with Crippen molar-refractivity contribution in [3.63, 3.8) is 0 Å². The van der Waals surface area contributed by atoms with Crippen LogP contribution in [-0.2, 0) is 0 Å². The van der Waals surface area contributed by atoms with Crippen molar-refractivity contribution >= 4 is 39.0 Å². The maximum absolute atomic E-state index is 12.6. The number of hydrogen-bond donors (Lipinski definition) is 0. The van der Waals surface area contributed by atoms with Crippen LogP contribution in [0.25, 0.3) is 5.82 Å². The van der Waals surface area contributed by atoms with Crippen LogP contribution in [0.3, 0.4) is 0 Å². The van der Waals surface area contributed by atoms with Crippen LogP contribution in [-0.4, -0.2) is 56.7 Å². The molecule has 1 aliphatic rings. The second-order valence-electron chi connectivity index (χ2n) is 5.99. The van der Waals surface area contributed by atoms with E-state index in [2.05, 4.69) is 35.9 Å². The monoisotopic (exact) mass is 432 g/mol. The number of hydrogen-bond acceptors (Lipinski definition) is 6. The molecule has 9 heteroatoms. The SMILES string of the molecule is Cc1nc(N2CCN(C(=O)c3cc(Br)cs3)CC2)cc(-n2cccn2)n1. The third-order valence-electron chi connectivity index (χ3n) is 4.22. The van der Waals surface area contributed by atoms with Crippen LogP contribution in [0.15, 0.2) is 40.4 Å². The van der Waals surface area contributed by atoms with Gasteiger partial charge in [0.05, 0.1) is 4.88 Å². The van der Waals surface area contributed by atoms with Gasteiger partial charge in [0.15, 0.2) is 5.82 Å². The zero-order valence-electron chi connectivity index (χ0n) is 14.2. The minimum Gasteiger partial charge on any atom is -0.353 e. The van der Waals surface area contributed by atoms with E-state index < -0.39 is 0 Å². The van der Waals surface area contributed by atoms with Gasteiger partial charge >= 0.3 is 0 Å². The van der Waals surface area contributed by atoms with E-state index >= 15 is 0 Å². The maximum Gasteiger partial charge on any atom is 0.264 e. The lowest BCUT2D eigenvalue weighted by atomic mass is 10.3. The van der Waals surface area contributed by atoms with Gasteiger partial charge in [0.2, 0.25) is 0 Å². The molecular weight excluding hydrogens is 416 g/mol. The first-order valence-corrected chi connectivity index (χ1v) is 9.91. The van der Waals surface area contributed by atoms with Crippen LogP contribution in [0.1, 0.15) is 15.5 Å². The average Bonchev–Trinajstić information content (AvgIpc) is 3.32. The fourth-order valence-corrected chi connectivity index (χ4v) is 4.33. The standard InChI is InChI=1S/C17H17BrN6OS/c1-12-20-15(10-16(21-12)24-4-2-3-19-24)22-5-7-23(8-6-22)17(25)14-9-13(18)11-26-14/h2-4,9-11H,5-8H2,1H3. The molecule has 0 aliphatic carbocycles. The van der Waals surface area contributed by atoms with E-state index in [1.54, 1.807) is 10.9 Å². The Bertz CT molecular complexity index is 917. The van der Waals surface area contributed by atoms with Gasteiger partial charge in [-0.25, -0.2) is 14.6 Å². The Morgan fingerprint density at radius 1 is 1.15 bits per heavy atom. The van der Waals surface area contributed by atoms with Gasteiger partial charge < -0.3 is 9.80 Å². The molecule has 0 unspecified atom stereocenters. The predicted octanol–water partition coefficient (Wildman–Crippen LogP) is 2.76. The Balaban J connectivity index is 1.47. The molecule has 1 aliphatic heterocycles. The predicted molar refractivity (Wildman–Crippen MR) is 104 cm³/mol. The Morgan fingerprint density at radius 2 is 1.92 bits per heavy atom. The minimum absolute atomic E-state index is 0.0939. The molecule has 3 aromatic rings. The largest absolute Gasteiger partial charge is 0.353 e. The molecule has 1 saturated heterocycles. The molecule has 0 N–H and O–H groups in total. The van der Waals surface area contributed by atoms with Gasteiger partial charge in [-0.15, -0.1) is 11.3 Å². The third kappa shape index (κ3) is 3.49. The first-order valence-electron chi connectivity index (χ1n) is 8.24. The van der Waals surface area contributed by atoms with Crippen molar-refractivity contribution in [3.8, 4) is 5.82 Å². The fourth-order valence-electron chi connectivity index (χ4n) is 2.94. The lowest BCUT2D eigenvalue weighted by molar-refractivity contribution is 0.0751. The van der Waals surface area contributed by atoms with Crippen LogP contribution in [0.2, 0.25) is 0 Å². The first-order chi connectivity index (χ1) is 12.6. The Morgan fingerprint density at radius 3 is 2.58 bits per heavy atom. The molecule has 0 aromatic carbocycles. The van der Waals surface area contributed by atoms with Gasteiger partial charge in [-0.05, 0) is 35.0 Å². The van der Waals surface area contributed by atoms with E-state index in [1.807, 2.05) is 41.6 Å². The van der Waals surface area contributed by atoms with E-state index in [1.165, 1.54) is 11.3 Å². The van der Waals surface area contributed by atoms with Crippen molar-refractivity contribution < 1.29 is 4.79 Å². The summed E-state index contributed by atoms with van der Waals surface area (Å²) < 4.78 is 2.68. The summed E-state index contributed by atoms with van der Waals surface area (Å²) in [6.45, 7) is 4.72. The van der Waals surface area contributed by atoms with E-state index in [0.29, 0.717) is 18.9 Å². The molecule has 3 aromatic heterocycles. The summed E-state index contributed by atoms with van der Waals surface area (Å²) >= 11 is 4.87. The average molecular weight is 433 g/mol. The number of carbonyl (C=O) groups excluding carboxylic acids is 1. The quantitative estimate of drug-likeness (QED) is 0.636. The number of thiophene rings is 1. The Labute approximate surface area is 163 Å². The van der Waals surface area contributed by atoms with Gasteiger partial charge in [-0.1, -0.05) is 0 Å². The summed E-state index contributed by atoms with van der Waals surface area (Å²) in [5, 5.41) is 6.17. The van der Waals surface area contributed by atoms with Crippen LogP contribution < -0.4 is 4.90 Å². The molecule has 0 saturated carbocycles. The zero-order valence-corrected chi connectivity index (χ0v) is 16.6. The number of aryl methyl sites for hydroxylation is 1. The number of rotatable bonds is 3. The van der Waals surface area contributed by atoms with E-state index in [0.717, 1.165) is 34.1 Å². The molecule has 4 heterocycles. The molecule has 0 bridgehead atoms. The maximum atomic E-state index is 12.6. The minimum atomic E-state index is 0.0939. The van der Waals surface area contributed by atoms with Crippen molar-refractivity contribution in [2.24, 2.45) is 0 Å². The molecule has 0 spiro atoms. The lowest BCUT2D eigenvalue weighted by Gasteiger charge is -2.35. The molecule has 4 rings (SSSR count). The van der Waals surface area contributed by atoms with Crippen LogP contribution in [0.4, 0.5) is 5.82 Å². The van der Waals surface area contributed by atoms with Crippen molar-refractivity contribution in [2.45, 2.75) is 6.92 Å². The van der Waals surface area contributed by atoms with Crippen LogP contribution in [0.5, 0.6) is 0 Å². The Hall–Kier alpha value is -2.26. The highest BCUT2D eigenvalue weighted by atomic mass is 79.9. The number of piperazine rings is 1. The van der Waals surface area contributed by atoms with Crippen LogP contribution >= 0.6 is 27.3 Å². The topological polar surface area (TPSA) is 67.2 Å². The number of halogens is 1. The number of aromatic nitrogens is 4. The molecule has 134 valence electrons. The molecule has 7 nitrogen and oxygen atoms in total. The highest BCUT2D eigenvalue weighted by Gasteiger charge is 2.24. The van der Waals surface area contributed by atoms with Gasteiger partial charge in [-0.2, -0.15) is 5.10 Å². The van der Waals surface area contributed by atoms with Gasteiger partial charge in [0.1, 0.15) is 11.6 Å². The molecular formula is C17H17BrN6OS. The number of nitrogens with zero attached hydrogens (tertiary/aromatic N) is 6. The van der Waals surface area contributed by atoms with Crippen molar-refractivity contribution in [1.82, 2.24) is 24.6 Å². The van der Waals surface area contributed by atoms with E-state index in [-0.39, 0.29) is 5.91 Å².